The zero-order valence-electron chi connectivity index (χ0n) is 15.9. The predicted octanol–water partition coefficient (Wildman–Crippen LogP) is 4.27. The second-order valence-corrected chi connectivity index (χ2v) is 7.52. The summed E-state index contributed by atoms with van der Waals surface area (Å²) in [7, 11) is 0. The van der Waals surface area contributed by atoms with Crippen LogP contribution in [0.4, 0.5) is 5.69 Å². The van der Waals surface area contributed by atoms with Crippen molar-refractivity contribution < 1.29 is 9.59 Å². The number of Topliss-reactive ketones (excluding diaryl/α,β-unsaturated/α-hetero) is 1. The monoisotopic (exact) mass is 384 g/mol. The van der Waals surface area contributed by atoms with Crippen molar-refractivity contribution in [3.05, 3.63) is 64.2 Å². The summed E-state index contributed by atoms with van der Waals surface area (Å²) in [6.07, 6.45) is 0.526. The summed E-state index contributed by atoms with van der Waals surface area (Å²) in [6, 6.07) is 13.4. The lowest BCUT2D eigenvalue weighted by molar-refractivity contribution is -0.131. The van der Waals surface area contributed by atoms with Crippen LogP contribution in [0.5, 0.6) is 0 Å². The maximum Gasteiger partial charge on any atom is 0.223 e. The van der Waals surface area contributed by atoms with E-state index in [1.807, 2.05) is 54.3 Å². The molecule has 1 aliphatic rings. The van der Waals surface area contributed by atoms with Gasteiger partial charge in [0.05, 0.1) is 0 Å². The highest BCUT2D eigenvalue weighted by Gasteiger charge is 2.22. The smallest absolute Gasteiger partial charge is 0.223 e. The number of carbonyl (C=O) groups excluding carboxylic acids is 2. The molecular weight excluding hydrogens is 360 g/mol. The van der Waals surface area contributed by atoms with E-state index in [9.17, 15) is 9.59 Å². The van der Waals surface area contributed by atoms with Crippen LogP contribution in [0.3, 0.4) is 0 Å². The topological polar surface area (TPSA) is 40.6 Å². The number of nitrogens with zero attached hydrogens (tertiary/aromatic N) is 2. The maximum atomic E-state index is 12.5. The molecule has 3 rings (SSSR count). The molecule has 27 heavy (non-hydrogen) atoms. The molecule has 0 spiro atoms. The summed E-state index contributed by atoms with van der Waals surface area (Å²) in [5.41, 5.74) is 4.11. The molecule has 0 radical (unpaired) electrons. The van der Waals surface area contributed by atoms with Crippen LogP contribution in [0.15, 0.2) is 42.5 Å². The number of rotatable bonds is 5. The summed E-state index contributed by atoms with van der Waals surface area (Å²) >= 11 is 6.12. The molecule has 0 aromatic heterocycles. The van der Waals surface area contributed by atoms with Crippen molar-refractivity contribution in [2.45, 2.75) is 26.7 Å². The van der Waals surface area contributed by atoms with E-state index < -0.39 is 0 Å². The van der Waals surface area contributed by atoms with E-state index in [2.05, 4.69) is 11.8 Å². The number of anilines is 1. The predicted molar refractivity (Wildman–Crippen MR) is 110 cm³/mol. The maximum absolute atomic E-state index is 12.5. The number of amides is 1. The highest BCUT2D eigenvalue weighted by Crippen LogP contribution is 2.25. The van der Waals surface area contributed by atoms with Crippen molar-refractivity contribution in [2.75, 3.05) is 31.1 Å². The highest BCUT2D eigenvalue weighted by atomic mass is 35.5. The Kier molecular flexibility index (Phi) is 6.17. The molecule has 1 amide bonds. The first-order valence-corrected chi connectivity index (χ1v) is 9.70. The number of hydrogen-bond donors (Lipinski definition) is 0. The molecule has 0 aliphatic carbocycles. The van der Waals surface area contributed by atoms with Gasteiger partial charge >= 0.3 is 0 Å². The van der Waals surface area contributed by atoms with Crippen molar-refractivity contribution in [3.63, 3.8) is 0 Å². The molecule has 0 unspecified atom stereocenters. The second kappa shape index (κ2) is 8.57. The first kappa shape index (κ1) is 19.4. The molecule has 0 N–H and O–H groups in total. The molecule has 0 saturated carbocycles. The largest absolute Gasteiger partial charge is 0.368 e. The Hall–Kier alpha value is -2.33. The minimum Gasteiger partial charge on any atom is -0.368 e. The quantitative estimate of drug-likeness (QED) is 0.723. The van der Waals surface area contributed by atoms with Gasteiger partial charge < -0.3 is 9.80 Å². The van der Waals surface area contributed by atoms with E-state index in [1.54, 1.807) is 0 Å². The number of hydrogen-bond acceptors (Lipinski definition) is 3. The van der Waals surface area contributed by atoms with E-state index in [0.29, 0.717) is 18.7 Å². The van der Waals surface area contributed by atoms with Gasteiger partial charge in [-0.3, -0.25) is 9.59 Å². The highest BCUT2D eigenvalue weighted by molar-refractivity contribution is 6.30. The van der Waals surface area contributed by atoms with Crippen LogP contribution in [0.25, 0.3) is 0 Å². The van der Waals surface area contributed by atoms with Gasteiger partial charge in [-0.15, -0.1) is 0 Å². The number of halogens is 1. The van der Waals surface area contributed by atoms with Gasteiger partial charge in [0.15, 0.2) is 5.78 Å². The Balaban J connectivity index is 1.50. The molecule has 4 nitrogen and oxygen atoms in total. The van der Waals surface area contributed by atoms with E-state index in [0.717, 1.165) is 29.4 Å². The third kappa shape index (κ3) is 4.89. The van der Waals surface area contributed by atoms with Crippen LogP contribution >= 0.6 is 11.6 Å². The molecule has 0 atom stereocenters. The van der Waals surface area contributed by atoms with Crippen LogP contribution in [0.1, 0.15) is 34.3 Å². The third-order valence-corrected chi connectivity index (χ3v) is 5.32. The van der Waals surface area contributed by atoms with Crippen molar-refractivity contribution in [1.82, 2.24) is 4.90 Å². The summed E-state index contributed by atoms with van der Waals surface area (Å²) in [5, 5.41) is 0.726. The molecule has 2 aromatic carbocycles. The van der Waals surface area contributed by atoms with Crippen molar-refractivity contribution in [3.8, 4) is 0 Å². The third-order valence-electron chi connectivity index (χ3n) is 5.08. The lowest BCUT2D eigenvalue weighted by atomic mass is 10.0. The van der Waals surface area contributed by atoms with E-state index in [1.165, 1.54) is 5.56 Å². The number of aryl methyl sites for hydroxylation is 2. The average molecular weight is 385 g/mol. The van der Waals surface area contributed by atoms with Crippen LogP contribution in [0.2, 0.25) is 5.02 Å². The summed E-state index contributed by atoms with van der Waals surface area (Å²) in [6.45, 7) is 6.95. The molecule has 2 aromatic rings. The van der Waals surface area contributed by atoms with E-state index >= 15 is 0 Å². The number of ketones is 1. The standard InChI is InChI=1S/C22H25ClN2O2/c1-16-3-6-18(7-4-16)21(26)9-10-22(27)25-13-11-24(12-14-25)20-15-19(23)8-5-17(20)2/h3-8,15H,9-14H2,1-2H3. The molecule has 1 heterocycles. The van der Waals surface area contributed by atoms with Gasteiger partial charge in [-0.05, 0) is 31.5 Å². The molecule has 1 saturated heterocycles. The second-order valence-electron chi connectivity index (χ2n) is 7.09. The summed E-state index contributed by atoms with van der Waals surface area (Å²) < 4.78 is 0. The number of carbonyl (C=O) groups is 2. The fourth-order valence-electron chi connectivity index (χ4n) is 3.38. The first-order valence-electron chi connectivity index (χ1n) is 9.33. The van der Waals surface area contributed by atoms with Gasteiger partial charge in [-0.2, -0.15) is 0 Å². The molecule has 0 bridgehead atoms. The Morgan fingerprint density at radius 1 is 0.926 bits per heavy atom. The van der Waals surface area contributed by atoms with Gasteiger partial charge in [0.25, 0.3) is 0 Å². The van der Waals surface area contributed by atoms with Crippen molar-refractivity contribution in [2.24, 2.45) is 0 Å². The number of piperazine rings is 1. The van der Waals surface area contributed by atoms with Gasteiger partial charge in [0, 0.05) is 55.3 Å². The van der Waals surface area contributed by atoms with Crippen LogP contribution < -0.4 is 4.90 Å². The fraction of sp³-hybridized carbons (Fsp3) is 0.364. The van der Waals surface area contributed by atoms with E-state index in [-0.39, 0.29) is 24.5 Å². The van der Waals surface area contributed by atoms with Crippen molar-refractivity contribution in [1.29, 1.82) is 0 Å². The lowest BCUT2D eigenvalue weighted by Gasteiger charge is -2.37. The van der Waals surface area contributed by atoms with Gasteiger partial charge in [0.2, 0.25) is 5.91 Å². The van der Waals surface area contributed by atoms with Gasteiger partial charge in [0.1, 0.15) is 0 Å². The molecule has 1 aliphatic heterocycles. The average Bonchev–Trinajstić information content (AvgIpc) is 2.68. The van der Waals surface area contributed by atoms with Gasteiger partial charge in [-0.25, -0.2) is 0 Å². The Morgan fingerprint density at radius 3 is 2.26 bits per heavy atom. The van der Waals surface area contributed by atoms with E-state index in [4.69, 9.17) is 11.6 Å². The Bertz CT molecular complexity index is 825. The molecule has 5 heteroatoms. The zero-order valence-corrected chi connectivity index (χ0v) is 16.6. The SMILES string of the molecule is Cc1ccc(C(=O)CCC(=O)N2CCN(c3cc(Cl)ccc3C)CC2)cc1. The molecule has 1 fully saturated rings. The minimum absolute atomic E-state index is 0.0246. The first-order chi connectivity index (χ1) is 12.9. The zero-order chi connectivity index (χ0) is 19.4. The van der Waals surface area contributed by atoms with Crippen LogP contribution in [0, 0.1) is 13.8 Å². The normalized spacial score (nSPS) is 14.3. The van der Waals surface area contributed by atoms with Crippen LogP contribution in [-0.4, -0.2) is 42.8 Å². The van der Waals surface area contributed by atoms with Crippen molar-refractivity contribution >= 4 is 29.0 Å². The minimum atomic E-state index is 0.0246. The molecule has 142 valence electrons. The van der Waals surface area contributed by atoms with Gasteiger partial charge in [-0.1, -0.05) is 47.5 Å². The van der Waals surface area contributed by atoms with Crippen LogP contribution in [-0.2, 0) is 4.79 Å². The summed E-state index contributed by atoms with van der Waals surface area (Å²) in [5.74, 6) is 0.0782. The summed E-state index contributed by atoms with van der Waals surface area (Å²) in [4.78, 5) is 28.9. The Morgan fingerprint density at radius 2 is 1.59 bits per heavy atom. The number of benzene rings is 2. The Labute approximate surface area is 165 Å². The lowest BCUT2D eigenvalue weighted by Crippen LogP contribution is -2.49. The molecular formula is C22H25ClN2O2. The fourth-order valence-corrected chi connectivity index (χ4v) is 3.55.